The molecule has 0 bridgehead atoms. The molecule has 3 rings (SSSR count). The van der Waals surface area contributed by atoms with Crippen LogP contribution in [0.25, 0.3) is 0 Å². The molecule has 0 radical (unpaired) electrons. The fraction of sp³-hybridized carbons (Fsp3) is 0.371. The van der Waals surface area contributed by atoms with Crippen LogP contribution in [0.2, 0.25) is 0 Å². The molecule has 16 N–H and O–H groups in total. The van der Waals surface area contributed by atoms with Crippen molar-refractivity contribution in [3.05, 3.63) is 59.7 Å². The van der Waals surface area contributed by atoms with Crippen molar-refractivity contribution in [2.45, 2.75) is 48.3 Å². The van der Waals surface area contributed by atoms with Gasteiger partial charge >= 0.3 is 0 Å². The molecule has 0 aliphatic heterocycles. The van der Waals surface area contributed by atoms with E-state index in [1.165, 1.54) is 36.9 Å². The van der Waals surface area contributed by atoms with Gasteiger partial charge in [-0.15, -0.1) is 23.5 Å². The van der Waals surface area contributed by atoms with Crippen LogP contribution < -0.4 is 55.7 Å². The lowest BCUT2D eigenvalue weighted by molar-refractivity contribution is -0.117. The SMILES string of the molecule is CN.NC=NCCCCC(=O)Nc1cc(F)cc(NC(=O)c2cc(C(=O)Nc3cc(F)cc(NC(=O)CCCCN=C(N)N)c3SCCN)ncn2)c1SCCN. The van der Waals surface area contributed by atoms with Crippen LogP contribution in [0.5, 0.6) is 0 Å². The van der Waals surface area contributed by atoms with Gasteiger partial charge in [0.05, 0.1) is 38.9 Å². The molecule has 0 spiro atoms. The first kappa shape index (κ1) is 47.7. The first-order valence-electron chi connectivity index (χ1n) is 17.7. The Morgan fingerprint density at radius 1 is 0.684 bits per heavy atom. The van der Waals surface area contributed by atoms with Crippen LogP contribution in [0.3, 0.4) is 0 Å². The summed E-state index contributed by atoms with van der Waals surface area (Å²) in [6, 6.07) is 5.53. The summed E-state index contributed by atoms with van der Waals surface area (Å²) < 4.78 is 29.7. The van der Waals surface area contributed by atoms with Crippen molar-refractivity contribution in [3.8, 4) is 0 Å². The number of unbranched alkanes of at least 4 members (excludes halogenated alkanes) is 2. The summed E-state index contributed by atoms with van der Waals surface area (Å²) in [5.41, 5.74) is 31.6. The summed E-state index contributed by atoms with van der Waals surface area (Å²) in [6.07, 6.45) is 4.59. The number of hydrogen-bond donors (Lipinski definition) is 10. The highest BCUT2D eigenvalue weighted by molar-refractivity contribution is 7.99. The number of carbonyl (C=O) groups is 4. The van der Waals surface area contributed by atoms with E-state index in [4.69, 9.17) is 28.7 Å². The number of aliphatic imine (C=N–C) groups is 2. The Labute approximate surface area is 337 Å². The van der Waals surface area contributed by atoms with Crippen molar-refractivity contribution in [2.24, 2.45) is 44.4 Å². The Balaban J connectivity index is 0.00000551. The zero-order valence-electron chi connectivity index (χ0n) is 31.5. The number of nitrogens with one attached hydrogen (secondary N) is 4. The van der Waals surface area contributed by atoms with E-state index in [9.17, 15) is 28.0 Å². The van der Waals surface area contributed by atoms with Crippen LogP contribution in [0.1, 0.15) is 59.5 Å². The van der Waals surface area contributed by atoms with Crippen molar-refractivity contribution < 1.29 is 28.0 Å². The Morgan fingerprint density at radius 2 is 1.11 bits per heavy atom. The molecule has 1 aromatic heterocycles. The number of thioether (sulfide) groups is 2. The molecule has 18 nitrogen and oxygen atoms in total. The minimum absolute atomic E-state index is 0.0242. The van der Waals surface area contributed by atoms with Crippen LogP contribution in [0, 0.1) is 11.6 Å². The topological polar surface area (TPSA) is 323 Å². The maximum absolute atomic E-state index is 14.9. The predicted molar refractivity (Wildman–Crippen MR) is 224 cm³/mol. The molecule has 57 heavy (non-hydrogen) atoms. The molecule has 2 aromatic carbocycles. The van der Waals surface area contributed by atoms with Crippen LogP contribution in [0.4, 0.5) is 31.5 Å². The lowest BCUT2D eigenvalue weighted by Gasteiger charge is -2.17. The fourth-order valence-electron chi connectivity index (χ4n) is 4.76. The Hall–Kier alpha value is -5.42. The van der Waals surface area contributed by atoms with Crippen LogP contribution in [0.15, 0.2) is 56.4 Å². The molecule has 0 saturated carbocycles. The van der Waals surface area contributed by atoms with Gasteiger partial charge in [-0.25, -0.2) is 18.7 Å². The molecule has 3 aromatic rings. The van der Waals surface area contributed by atoms with Gasteiger partial charge in [0.1, 0.15) is 29.3 Å². The Bertz CT molecular complexity index is 1870. The minimum atomic E-state index is -0.821. The number of nitrogens with zero attached hydrogens (tertiary/aromatic N) is 4. The lowest BCUT2D eigenvalue weighted by atomic mass is 10.2. The average molecular weight is 833 g/mol. The molecule has 1 heterocycles. The minimum Gasteiger partial charge on any atom is -0.390 e. The third-order valence-corrected chi connectivity index (χ3v) is 9.50. The van der Waals surface area contributed by atoms with E-state index < -0.39 is 29.4 Å². The lowest BCUT2D eigenvalue weighted by Crippen LogP contribution is -2.23. The van der Waals surface area contributed by atoms with Gasteiger partial charge in [-0.2, -0.15) is 0 Å². The van der Waals surface area contributed by atoms with Gasteiger partial charge in [0, 0.05) is 56.6 Å². The maximum Gasteiger partial charge on any atom is 0.274 e. The van der Waals surface area contributed by atoms with Crippen LogP contribution >= 0.6 is 23.5 Å². The Kier molecular flexibility index (Phi) is 22.1. The first-order chi connectivity index (χ1) is 27.4. The second-order valence-electron chi connectivity index (χ2n) is 11.5. The quantitative estimate of drug-likeness (QED) is 0.0301. The van der Waals surface area contributed by atoms with E-state index >= 15 is 0 Å². The smallest absolute Gasteiger partial charge is 0.274 e. The summed E-state index contributed by atoms with van der Waals surface area (Å²) in [5, 5.41) is 10.6. The van der Waals surface area contributed by atoms with Gasteiger partial charge in [0.2, 0.25) is 11.8 Å². The standard InChI is InChI=1S/C34H45F2N13O4S2.CH5N/c35-20-13-22(46-28(50)5-1-3-9-42-18-39)30(54-11-7-37)24(15-20)48-32(52)26-17-27(45-19-44-26)33(53)49-25-16-21(36)14-23(31(25)55-12-8-38)47-29(51)6-2-4-10-43-34(40)41;1-2/h13-19H,1-12,37-38H2,(H2,39,42)(H,46,50)(H,47,51)(H,48,52)(H,49,53)(H4,40,41,43);2H2,1H3. The summed E-state index contributed by atoms with van der Waals surface area (Å²) in [6.45, 7) is 1.32. The summed E-state index contributed by atoms with van der Waals surface area (Å²) in [7, 11) is 1.50. The van der Waals surface area contributed by atoms with E-state index in [0.717, 1.165) is 36.7 Å². The molecule has 4 amide bonds. The van der Waals surface area contributed by atoms with Gasteiger partial charge in [-0.1, -0.05) is 0 Å². The van der Waals surface area contributed by atoms with E-state index in [-0.39, 0.29) is 71.9 Å². The van der Waals surface area contributed by atoms with Crippen LogP contribution in [-0.4, -0.2) is 90.6 Å². The van der Waals surface area contributed by atoms with E-state index in [0.29, 0.717) is 60.1 Å². The first-order valence-corrected chi connectivity index (χ1v) is 19.6. The molecule has 0 fully saturated rings. The van der Waals surface area contributed by atoms with E-state index in [2.05, 4.69) is 47.0 Å². The van der Waals surface area contributed by atoms with Gasteiger partial charge in [-0.3, -0.25) is 29.2 Å². The molecule has 22 heteroatoms. The number of amides is 4. The molecule has 0 aliphatic carbocycles. The highest BCUT2D eigenvalue weighted by atomic mass is 32.2. The van der Waals surface area contributed by atoms with Gasteiger partial charge in [0.15, 0.2) is 5.96 Å². The van der Waals surface area contributed by atoms with Crippen molar-refractivity contribution >= 4 is 82.2 Å². The van der Waals surface area contributed by atoms with E-state index in [1.54, 1.807) is 0 Å². The maximum atomic E-state index is 14.9. The fourth-order valence-corrected chi connectivity index (χ4v) is 6.47. The number of hydrogen-bond acceptors (Lipinski definition) is 13. The third-order valence-electron chi connectivity index (χ3n) is 7.17. The number of nitrogens with two attached hydrogens (primary N) is 6. The number of halogens is 2. The molecule has 310 valence electrons. The number of guanidine groups is 1. The predicted octanol–water partition coefficient (Wildman–Crippen LogP) is 2.41. The zero-order chi connectivity index (χ0) is 42.2. The van der Waals surface area contributed by atoms with Crippen molar-refractivity contribution in [3.63, 3.8) is 0 Å². The third kappa shape index (κ3) is 17.1. The highest BCUT2D eigenvalue weighted by Crippen LogP contribution is 2.37. The molecule has 0 aliphatic rings. The average Bonchev–Trinajstić information content (AvgIpc) is 3.17. The molecule has 0 unspecified atom stereocenters. The highest BCUT2D eigenvalue weighted by Gasteiger charge is 2.21. The molecular weight excluding hydrogens is 783 g/mol. The van der Waals surface area contributed by atoms with Crippen molar-refractivity contribution in [1.82, 2.24) is 9.97 Å². The van der Waals surface area contributed by atoms with E-state index in [1.807, 2.05) is 0 Å². The number of aromatic nitrogens is 2. The monoisotopic (exact) mass is 832 g/mol. The van der Waals surface area contributed by atoms with Gasteiger partial charge < -0.3 is 55.7 Å². The second kappa shape index (κ2) is 26.4. The number of benzene rings is 2. The number of anilines is 4. The Morgan fingerprint density at radius 3 is 1.51 bits per heavy atom. The second-order valence-corrected chi connectivity index (χ2v) is 13.7. The van der Waals surface area contributed by atoms with Crippen molar-refractivity contribution in [2.75, 3.05) is 66.0 Å². The summed E-state index contributed by atoms with van der Waals surface area (Å²) in [4.78, 5) is 68.7. The normalized spacial score (nSPS) is 10.6. The molecule has 0 saturated heterocycles. The van der Waals surface area contributed by atoms with Crippen molar-refractivity contribution in [1.29, 1.82) is 0 Å². The van der Waals surface area contributed by atoms with Crippen LogP contribution in [-0.2, 0) is 9.59 Å². The summed E-state index contributed by atoms with van der Waals surface area (Å²) in [5.74, 6) is -3.18. The largest absolute Gasteiger partial charge is 0.390 e. The number of carbonyl (C=O) groups excluding carboxylic acids is 4. The molecular formula is C35H50F2N14O4S2. The van der Waals surface area contributed by atoms with Gasteiger partial charge in [0.25, 0.3) is 11.8 Å². The molecule has 0 atom stereocenters. The zero-order valence-corrected chi connectivity index (χ0v) is 33.1. The van der Waals surface area contributed by atoms with Gasteiger partial charge in [-0.05, 0) is 57.0 Å². The summed E-state index contributed by atoms with van der Waals surface area (Å²) >= 11 is 2.38. The number of rotatable bonds is 22.